The number of carbonyl (C=O) groups is 2. The Hall–Kier alpha value is -1.95. The molecule has 0 aliphatic rings. The predicted molar refractivity (Wildman–Crippen MR) is 86.5 cm³/mol. The molecule has 6 heteroatoms. The maximum absolute atomic E-state index is 12.6. The summed E-state index contributed by atoms with van der Waals surface area (Å²) in [5.41, 5.74) is 11.9. The summed E-state index contributed by atoms with van der Waals surface area (Å²) in [6, 6.07) is 9.34. The van der Waals surface area contributed by atoms with Crippen LogP contribution in [0.5, 0.6) is 0 Å². The summed E-state index contributed by atoms with van der Waals surface area (Å²) in [6.45, 7) is 3.50. The minimum absolute atomic E-state index is 0.124. The van der Waals surface area contributed by atoms with Gasteiger partial charge in [-0.1, -0.05) is 42.5 Å². The molecule has 0 heterocycles. The fraction of sp³-hybridized carbons (Fsp3) is 0.400. The van der Waals surface area contributed by atoms with Gasteiger partial charge in [0.15, 0.2) is 0 Å². The molecule has 0 bridgehead atoms. The zero-order valence-corrected chi connectivity index (χ0v) is 13.1. The fourth-order valence-electron chi connectivity index (χ4n) is 2.04. The first-order valence-electron chi connectivity index (χ1n) is 6.75. The molecule has 0 saturated heterocycles. The van der Waals surface area contributed by atoms with Crippen LogP contribution in [0.4, 0.5) is 0 Å². The van der Waals surface area contributed by atoms with E-state index in [1.807, 2.05) is 44.2 Å². The average molecular weight is 307 g/mol. The van der Waals surface area contributed by atoms with Crippen molar-refractivity contribution in [3.8, 4) is 0 Å². The van der Waals surface area contributed by atoms with Gasteiger partial charge in [0, 0.05) is 6.04 Å². The zero-order valence-electron chi connectivity index (χ0n) is 12.3. The highest BCUT2D eigenvalue weighted by Crippen LogP contribution is 2.14. The number of thiocarbonyl (C=S) groups is 1. The Bertz CT molecular complexity index is 517. The van der Waals surface area contributed by atoms with Gasteiger partial charge in [0.25, 0.3) is 0 Å². The van der Waals surface area contributed by atoms with Crippen molar-refractivity contribution in [2.75, 3.05) is 6.54 Å². The molecule has 0 aromatic heterocycles. The lowest BCUT2D eigenvalue weighted by Crippen LogP contribution is -2.48. The Morgan fingerprint density at radius 3 is 2.19 bits per heavy atom. The Balaban J connectivity index is 2.95. The van der Waals surface area contributed by atoms with Crippen molar-refractivity contribution in [3.63, 3.8) is 0 Å². The van der Waals surface area contributed by atoms with Gasteiger partial charge < -0.3 is 16.4 Å². The molecule has 5 nitrogen and oxygen atoms in total. The van der Waals surface area contributed by atoms with E-state index in [2.05, 4.69) is 0 Å². The SMILES string of the molecule is CC(C)N(CC(N)=O)C(=O)C(Cc1ccccc1)C(N)=S. The molecule has 114 valence electrons. The van der Waals surface area contributed by atoms with Crippen LogP contribution in [0, 0.1) is 5.92 Å². The Morgan fingerprint density at radius 1 is 1.19 bits per heavy atom. The minimum Gasteiger partial charge on any atom is -0.393 e. The highest BCUT2D eigenvalue weighted by Gasteiger charge is 2.29. The quantitative estimate of drug-likeness (QED) is 0.731. The van der Waals surface area contributed by atoms with Crippen LogP contribution in [-0.2, 0) is 16.0 Å². The summed E-state index contributed by atoms with van der Waals surface area (Å²) in [7, 11) is 0. The molecular weight excluding hydrogens is 286 g/mol. The molecule has 1 unspecified atom stereocenters. The number of hydrogen-bond donors (Lipinski definition) is 2. The molecule has 0 aliphatic heterocycles. The predicted octanol–water partition coefficient (Wildman–Crippen LogP) is 0.854. The third kappa shape index (κ3) is 5.15. The molecule has 1 aromatic rings. The number of rotatable bonds is 7. The summed E-state index contributed by atoms with van der Waals surface area (Å²) >= 11 is 5.03. The van der Waals surface area contributed by atoms with Crippen molar-refractivity contribution in [2.24, 2.45) is 17.4 Å². The topological polar surface area (TPSA) is 89.4 Å². The summed E-state index contributed by atoms with van der Waals surface area (Å²) in [5.74, 6) is -1.46. The van der Waals surface area contributed by atoms with Gasteiger partial charge in [-0.05, 0) is 25.8 Å². The second-order valence-electron chi connectivity index (χ2n) is 5.17. The van der Waals surface area contributed by atoms with Gasteiger partial charge in [-0.3, -0.25) is 9.59 Å². The third-order valence-corrected chi connectivity index (χ3v) is 3.44. The second-order valence-corrected chi connectivity index (χ2v) is 5.64. The third-order valence-electron chi connectivity index (χ3n) is 3.16. The highest BCUT2D eigenvalue weighted by molar-refractivity contribution is 7.80. The number of hydrogen-bond acceptors (Lipinski definition) is 3. The molecule has 1 atom stereocenters. The molecule has 0 aliphatic carbocycles. The first-order chi connectivity index (χ1) is 9.82. The first kappa shape index (κ1) is 17.1. The van der Waals surface area contributed by atoms with Gasteiger partial charge in [0.05, 0.1) is 17.5 Å². The van der Waals surface area contributed by atoms with Crippen molar-refractivity contribution < 1.29 is 9.59 Å². The molecular formula is C15H21N3O2S. The maximum atomic E-state index is 12.6. The summed E-state index contributed by atoms with van der Waals surface area (Å²) < 4.78 is 0. The smallest absolute Gasteiger partial charge is 0.237 e. The second kappa shape index (κ2) is 7.73. The van der Waals surface area contributed by atoms with E-state index in [0.29, 0.717) is 6.42 Å². The maximum Gasteiger partial charge on any atom is 0.237 e. The summed E-state index contributed by atoms with van der Waals surface area (Å²) in [6.07, 6.45) is 0.414. The standard InChI is InChI=1S/C15H21N3O2S/c1-10(2)18(9-13(16)19)15(20)12(14(17)21)8-11-6-4-3-5-7-11/h3-7,10,12H,8-9H2,1-2H3,(H2,16,19)(H2,17,21). The van der Waals surface area contributed by atoms with Gasteiger partial charge >= 0.3 is 0 Å². The van der Waals surface area contributed by atoms with Gasteiger partial charge in [0.1, 0.15) is 0 Å². The molecule has 1 rings (SSSR count). The highest BCUT2D eigenvalue weighted by atomic mass is 32.1. The molecule has 21 heavy (non-hydrogen) atoms. The average Bonchev–Trinajstić information content (AvgIpc) is 2.42. The van der Waals surface area contributed by atoms with Crippen molar-refractivity contribution in [1.82, 2.24) is 4.90 Å². The number of amides is 2. The van der Waals surface area contributed by atoms with Crippen molar-refractivity contribution >= 4 is 29.0 Å². The van der Waals surface area contributed by atoms with E-state index in [4.69, 9.17) is 23.7 Å². The van der Waals surface area contributed by atoms with E-state index in [0.717, 1.165) is 5.56 Å². The minimum atomic E-state index is -0.635. The molecule has 1 aromatic carbocycles. The van der Waals surface area contributed by atoms with E-state index in [1.54, 1.807) is 0 Å². The number of nitrogens with two attached hydrogens (primary N) is 2. The van der Waals surface area contributed by atoms with E-state index in [1.165, 1.54) is 4.90 Å². The van der Waals surface area contributed by atoms with Gasteiger partial charge in [0.2, 0.25) is 11.8 Å². The zero-order chi connectivity index (χ0) is 16.0. The van der Waals surface area contributed by atoms with Crippen LogP contribution in [0.2, 0.25) is 0 Å². The van der Waals surface area contributed by atoms with Crippen LogP contribution in [0.25, 0.3) is 0 Å². The van der Waals surface area contributed by atoms with Crippen molar-refractivity contribution in [2.45, 2.75) is 26.3 Å². The van der Waals surface area contributed by atoms with E-state index in [9.17, 15) is 9.59 Å². The van der Waals surface area contributed by atoms with Gasteiger partial charge in [-0.2, -0.15) is 0 Å². The van der Waals surface area contributed by atoms with Crippen LogP contribution in [0.1, 0.15) is 19.4 Å². The van der Waals surface area contributed by atoms with Crippen molar-refractivity contribution in [1.29, 1.82) is 0 Å². The lowest BCUT2D eigenvalue weighted by atomic mass is 9.97. The van der Waals surface area contributed by atoms with E-state index < -0.39 is 11.8 Å². The number of primary amides is 1. The summed E-state index contributed by atoms with van der Waals surface area (Å²) in [4.78, 5) is 25.3. The molecule has 0 saturated carbocycles. The number of nitrogens with zero attached hydrogens (tertiary/aromatic N) is 1. The van der Waals surface area contributed by atoms with E-state index in [-0.39, 0.29) is 23.5 Å². The molecule has 2 amide bonds. The molecule has 0 spiro atoms. The Kier molecular flexibility index (Phi) is 6.30. The molecule has 0 fully saturated rings. The van der Waals surface area contributed by atoms with Crippen LogP contribution in [0.15, 0.2) is 30.3 Å². The molecule has 0 radical (unpaired) electrons. The summed E-state index contributed by atoms with van der Waals surface area (Å²) in [5, 5.41) is 0. The number of carbonyl (C=O) groups excluding carboxylic acids is 2. The first-order valence-corrected chi connectivity index (χ1v) is 7.15. The lowest BCUT2D eigenvalue weighted by Gasteiger charge is -2.29. The fourth-order valence-corrected chi connectivity index (χ4v) is 2.23. The largest absolute Gasteiger partial charge is 0.393 e. The molecule has 4 N–H and O–H groups in total. The van der Waals surface area contributed by atoms with Crippen molar-refractivity contribution in [3.05, 3.63) is 35.9 Å². The monoisotopic (exact) mass is 307 g/mol. The number of benzene rings is 1. The Labute approximate surface area is 130 Å². The lowest BCUT2D eigenvalue weighted by molar-refractivity contribution is -0.138. The van der Waals surface area contributed by atoms with Gasteiger partial charge in [-0.15, -0.1) is 0 Å². The van der Waals surface area contributed by atoms with E-state index >= 15 is 0 Å². The van der Waals surface area contributed by atoms with Crippen LogP contribution in [-0.4, -0.2) is 34.3 Å². The Morgan fingerprint density at radius 2 is 1.76 bits per heavy atom. The van der Waals surface area contributed by atoms with Crippen LogP contribution >= 0.6 is 12.2 Å². The normalized spacial score (nSPS) is 12.0. The van der Waals surface area contributed by atoms with Crippen LogP contribution in [0.3, 0.4) is 0 Å². The van der Waals surface area contributed by atoms with Crippen LogP contribution < -0.4 is 11.5 Å². The van der Waals surface area contributed by atoms with Gasteiger partial charge in [-0.25, -0.2) is 0 Å².